The molecule has 0 radical (unpaired) electrons. The van der Waals surface area contributed by atoms with Crippen molar-refractivity contribution < 1.29 is 4.79 Å². The van der Waals surface area contributed by atoms with Gasteiger partial charge in [0.2, 0.25) is 0 Å². The minimum atomic E-state index is -0.533. The third-order valence-electron chi connectivity index (χ3n) is 1.59. The molecule has 0 aliphatic heterocycles. The Hall–Kier alpha value is -1.98. The summed E-state index contributed by atoms with van der Waals surface area (Å²) in [5.74, 6) is 0. The third kappa shape index (κ3) is 3.18. The molecule has 0 fully saturated rings. The number of pyridine rings is 1. The summed E-state index contributed by atoms with van der Waals surface area (Å²) < 4.78 is 0. The van der Waals surface area contributed by atoms with Crippen LogP contribution in [0.4, 0.5) is 16.2 Å². The summed E-state index contributed by atoms with van der Waals surface area (Å²) in [4.78, 5) is 14.2. The Morgan fingerprint density at radius 2 is 2.29 bits per heavy atom. The van der Waals surface area contributed by atoms with Gasteiger partial charge < -0.3 is 22.1 Å². The van der Waals surface area contributed by atoms with Crippen molar-refractivity contribution in [1.82, 2.24) is 10.3 Å². The zero-order chi connectivity index (χ0) is 10.4. The Morgan fingerprint density at radius 1 is 1.50 bits per heavy atom. The number of carbonyl (C=O) groups excluding carboxylic acids is 1. The van der Waals surface area contributed by atoms with Gasteiger partial charge in [-0.1, -0.05) is 0 Å². The number of urea groups is 1. The summed E-state index contributed by atoms with van der Waals surface area (Å²) in [7, 11) is 0. The number of nitrogens with one attached hydrogen (secondary N) is 2. The van der Waals surface area contributed by atoms with Crippen molar-refractivity contribution >= 4 is 17.4 Å². The molecule has 1 aromatic rings. The number of nitrogen functional groups attached to an aromatic ring is 1. The summed E-state index contributed by atoms with van der Waals surface area (Å²) in [5.41, 5.74) is 11.9. The van der Waals surface area contributed by atoms with E-state index in [-0.39, 0.29) is 0 Å². The highest BCUT2D eigenvalue weighted by Crippen LogP contribution is 2.13. The van der Waals surface area contributed by atoms with Crippen LogP contribution in [0.2, 0.25) is 0 Å². The van der Waals surface area contributed by atoms with Crippen molar-refractivity contribution in [2.24, 2.45) is 5.73 Å². The topological polar surface area (TPSA) is 106 Å². The molecule has 6 heteroatoms. The van der Waals surface area contributed by atoms with Gasteiger partial charge in [0.05, 0.1) is 17.6 Å². The van der Waals surface area contributed by atoms with E-state index < -0.39 is 6.03 Å². The normalized spacial score (nSPS) is 9.43. The second-order valence-electron chi connectivity index (χ2n) is 2.68. The van der Waals surface area contributed by atoms with Gasteiger partial charge in [0.15, 0.2) is 0 Å². The fraction of sp³-hybridized carbons (Fsp3) is 0.250. The molecule has 0 saturated carbocycles. The maximum absolute atomic E-state index is 10.3. The number of primary amides is 1. The van der Waals surface area contributed by atoms with E-state index in [0.717, 1.165) is 5.69 Å². The van der Waals surface area contributed by atoms with Crippen molar-refractivity contribution in [2.75, 3.05) is 24.1 Å². The molecule has 0 aliphatic carbocycles. The number of hydrogen-bond acceptors (Lipinski definition) is 4. The highest BCUT2D eigenvalue weighted by Gasteiger charge is 1.96. The van der Waals surface area contributed by atoms with Crippen molar-refractivity contribution in [2.45, 2.75) is 0 Å². The highest BCUT2D eigenvalue weighted by atomic mass is 16.2. The first-order valence-corrected chi connectivity index (χ1v) is 4.17. The summed E-state index contributed by atoms with van der Waals surface area (Å²) in [6.07, 6.45) is 3.20. The molecular formula is C8H13N5O. The van der Waals surface area contributed by atoms with Crippen LogP contribution in [-0.2, 0) is 0 Å². The van der Waals surface area contributed by atoms with E-state index in [4.69, 9.17) is 11.5 Å². The first-order chi connectivity index (χ1) is 6.70. The second kappa shape index (κ2) is 4.90. The lowest BCUT2D eigenvalue weighted by molar-refractivity contribution is 0.249. The standard InChI is InChI=1S/C8H13N5O/c9-6-5-11-2-1-7(6)12-3-4-13-8(10)14/h1-2,5H,3-4,9H2,(H,11,12)(H3,10,13,14). The van der Waals surface area contributed by atoms with Gasteiger partial charge in [0.25, 0.3) is 0 Å². The molecule has 2 amide bonds. The molecule has 1 heterocycles. The van der Waals surface area contributed by atoms with Gasteiger partial charge in [-0.15, -0.1) is 0 Å². The van der Waals surface area contributed by atoms with E-state index in [1.54, 1.807) is 18.5 Å². The minimum Gasteiger partial charge on any atom is -0.396 e. The molecule has 0 atom stereocenters. The Kier molecular flexibility index (Phi) is 3.54. The predicted molar refractivity (Wildman–Crippen MR) is 54.7 cm³/mol. The number of carbonyl (C=O) groups is 1. The quantitative estimate of drug-likeness (QED) is 0.497. The maximum atomic E-state index is 10.3. The lowest BCUT2D eigenvalue weighted by Gasteiger charge is -2.08. The molecule has 76 valence electrons. The number of hydrogen-bond donors (Lipinski definition) is 4. The Bertz CT molecular complexity index is 314. The molecule has 0 aliphatic rings. The highest BCUT2D eigenvalue weighted by molar-refractivity contribution is 5.71. The number of nitrogens with zero attached hydrogens (tertiary/aromatic N) is 1. The molecule has 0 unspecified atom stereocenters. The van der Waals surface area contributed by atoms with E-state index in [1.807, 2.05) is 0 Å². The molecule has 0 bridgehead atoms. The average molecular weight is 195 g/mol. The predicted octanol–water partition coefficient (Wildman–Crippen LogP) is -0.256. The number of anilines is 2. The van der Waals surface area contributed by atoms with Gasteiger partial charge >= 0.3 is 6.03 Å². The summed E-state index contributed by atoms with van der Waals surface area (Å²) >= 11 is 0. The molecular weight excluding hydrogens is 182 g/mol. The van der Waals surface area contributed by atoms with E-state index >= 15 is 0 Å². The maximum Gasteiger partial charge on any atom is 0.312 e. The molecule has 0 saturated heterocycles. The van der Waals surface area contributed by atoms with Crippen LogP contribution in [0.3, 0.4) is 0 Å². The van der Waals surface area contributed by atoms with Crippen LogP contribution < -0.4 is 22.1 Å². The van der Waals surface area contributed by atoms with Crippen molar-refractivity contribution in [3.8, 4) is 0 Å². The first kappa shape index (κ1) is 10.1. The van der Waals surface area contributed by atoms with Crippen molar-refractivity contribution in [3.63, 3.8) is 0 Å². The van der Waals surface area contributed by atoms with Crippen LogP contribution in [-0.4, -0.2) is 24.1 Å². The summed E-state index contributed by atoms with van der Waals surface area (Å²) in [6.45, 7) is 1.02. The number of rotatable bonds is 4. The summed E-state index contributed by atoms with van der Waals surface area (Å²) in [5, 5.41) is 5.49. The Labute approximate surface area is 81.7 Å². The van der Waals surface area contributed by atoms with Crippen LogP contribution in [0.25, 0.3) is 0 Å². The SMILES string of the molecule is NC(=O)NCCNc1ccncc1N. The fourth-order valence-corrected chi connectivity index (χ4v) is 0.951. The van der Waals surface area contributed by atoms with Crippen LogP contribution in [0.1, 0.15) is 0 Å². The first-order valence-electron chi connectivity index (χ1n) is 4.17. The van der Waals surface area contributed by atoms with E-state index in [1.165, 1.54) is 0 Å². The van der Waals surface area contributed by atoms with Crippen molar-refractivity contribution in [3.05, 3.63) is 18.5 Å². The zero-order valence-corrected chi connectivity index (χ0v) is 7.66. The summed E-state index contributed by atoms with van der Waals surface area (Å²) in [6, 6.07) is 1.23. The molecule has 6 N–H and O–H groups in total. The number of nitrogens with two attached hydrogens (primary N) is 2. The molecule has 1 aromatic heterocycles. The Morgan fingerprint density at radius 3 is 2.93 bits per heavy atom. The van der Waals surface area contributed by atoms with E-state index in [9.17, 15) is 4.79 Å². The van der Waals surface area contributed by atoms with E-state index in [0.29, 0.717) is 18.8 Å². The fourth-order valence-electron chi connectivity index (χ4n) is 0.951. The van der Waals surface area contributed by atoms with Gasteiger partial charge in [-0.05, 0) is 6.07 Å². The van der Waals surface area contributed by atoms with Gasteiger partial charge in [-0.25, -0.2) is 4.79 Å². The zero-order valence-electron chi connectivity index (χ0n) is 7.66. The van der Waals surface area contributed by atoms with Gasteiger partial charge in [0, 0.05) is 19.3 Å². The van der Waals surface area contributed by atoms with Gasteiger partial charge in [-0.2, -0.15) is 0 Å². The van der Waals surface area contributed by atoms with E-state index in [2.05, 4.69) is 15.6 Å². The second-order valence-corrected chi connectivity index (χ2v) is 2.68. The molecule has 0 spiro atoms. The lowest BCUT2D eigenvalue weighted by atomic mass is 10.3. The van der Waals surface area contributed by atoms with Crippen LogP contribution in [0.5, 0.6) is 0 Å². The molecule has 0 aromatic carbocycles. The van der Waals surface area contributed by atoms with Crippen LogP contribution in [0.15, 0.2) is 18.5 Å². The number of amides is 2. The smallest absolute Gasteiger partial charge is 0.312 e. The van der Waals surface area contributed by atoms with Gasteiger partial charge in [-0.3, -0.25) is 4.98 Å². The monoisotopic (exact) mass is 195 g/mol. The largest absolute Gasteiger partial charge is 0.396 e. The molecule has 1 rings (SSSR count). The Balaban J connectivity index is 2.31. The molecule has 14 heavy (non-hydrogen) atoms. The van der Waals surface area contributed by atoms with Gasteiger partial charge in [0.1, 0.15) is 0 Å². The minimum absolute atomic E-state index is 0.455. The number of aromatic nitrogens is 1. The molecule has 6 nitrogen and oxygen atoms in total. The van der Waals surface area contributed by atoms with Crippen LogP contribution in [0, 0.1) is 0 Å². The average Bonchev–Trinajstić information content (AvgIpc) is 2.15. The lowest BCUT2D eigenvalue weighted by Crippen LogP contribution is -2.33. The third-order valence-corrected chi connectivity index (χ3v) is 1.59. The van der Waals surface area contributed by atoms with Crippen LogP contribution >= 0.6 is 0 Å². The van der Waals surface area contributed by atoms with Crippen molar-refractivity contribution in [1.29, 1.82) is 0 Å².